The Hall–Kier alpha value is -1.51. The number of para-hydroxylation sites is 1. The van der Waals surface area contributed by atoms with Gasteiger partial charge >= 0.3 is 0 Å². The smallest absolute Gasteiger partial charge is 0.219 e. The summed E-state index contributed by atoms with van der Waals surface area (Å²) in [5.74, 6) is 0.861. The fourth-order valence-corrected chi connectivity index (χ4v) is 1.17. The predicted molar refractivity (Wildman–Crippen MR) is 68.6 cm³/mol. The SMILES string of the molecule is CC.CCC(=O)NCc1ccccc1OC.[HH]. The standard InChI is InChI=1S/C11H15NO2.C2H6.H2/c1-3-11(13)12-8-9-6-4-5-7-10(9)14-2;1-2;/h4-7H,3,8H2,1-2H3,(H,12,13);1-2H3;1H. The van der Waals surface area contributed by atoms with Crippen LogP contribution in [0.4, 0.5) is 0 Å². The van der Waals surface area contributed by atoms with Gasteiger partial charge in [0.25, 0.3) is 0 Å². The zero-order chi connectivity index (χ0) is 12.4. The van der Waals surface area contributed by atoms with Crippen LogP contribution in [0.15, 0.2) is 24.3 Å². The van der Waals surface area contributed by atoms with Gasteiger partial charge in [-0.1, -0.05) is 39.0 Å². The van der Waals surface area contributed by atoms with E-state index in [9.17, 15) is 4.79 Å². The number of ether oxygens (including phenoxy) is 1. The molecule has 0 unspecified atom stereocenters. The summed E-state index contributed by atoms with van der Waals surface area (Å²) >= 11 is 0. The van der Waals surface area contributed by atoms with E-state index in [1.54, 1.807) is 7.11 Å². The van der Waals surface area contributed by atoms with Crippen molar-refractivity contribution in [2.75, 3.05) is 7.11 Å². The van der Waals surface area contributed by atoms with E-state index in [0.717, 1.165) is 11.3 Å². The van der Waals surface area contributed by atoms with Crippen LogP contribution in [0.25, 0.3) is 0 Å². The van der Waals surface area contributed by atoms with Crippen LogP contribution in [-0.4, -0.2) is 13.0 Å². The quantitative estimate of drug-likeness (QED) is 0.855. The van der Waals surface area contributed by atoms with Gasteiger partial charge in [0, 0.05) is 20.0 Å². The first-order chi connectivity index (χ1) is 7.77. The lowest BCUT2D eigenvalue weighted by Crippen LogP contribution is -2.21. The Kier molecular flexibility index (Phi) is 7.94. The molecule has 0 heterocycles. The molecule has 0 saturated carbocycles. The number of rotatable bonds is 4. The second kappa shape index (κ2) is 8.77. The molecule has 0 aliphatic rings. The summed E-state index contributed by atoms with van der Waals surface area (Å²) in [5, 5.41) is 2.80. The third-order valence-electron chi connectivity index (χ3n) is 1.99. The molecule has 16 heavy (non-hydrogen) atoms. The van der Waals surface area contributed by atoms with Crippen LogP contribution in [0, 0.1) is 0 Å². The number of carbonyl (C=O) groups excluding carboxylic acids is 1. The average molecular weight is 225 g/mol. The van der Waals surface area contributed by atoms with Crippen molar-refractivity contribution < 1.29 is 11.0 Å². The van der Waals surface area contributed by atoms with E-state index in [2.05, 4.69) is 5.32 Å². The van der Waals surface area contributed by atoms with Gasteiger partial charge in [0.15, 0.2) is 0 Å². The molecule has 0 fully saturated rings. The molecule has 0 spiro atoms. The van der Waals surface area contributed by atoms with E-state index in [-0.39, 0.29) is 7.33 Å². The molecular weight excluding hydrogens is 202 g/mol. The molecule has 0 bridgehead atoms. The highest BCUT2D eigenvalue weighted by atomic mass is 16.5. The van der Waals surface area contributed by atoms with Crippen molar-refractivity contribution in [3.63, 3.8) is 0 Å². The van der Waals surface area contributed by atoms with Crippen LogP contribution in [0.3, 0.4) is 0 Å². The number of hydrogen-bond acceptors (Lipinski definition) is 2. The maximum Gasteiger partial charge on any atom is 0.219 e. The van der Waals surface area contributed by atoms with E-state index in [1.807, 2.05) is 45.0 Å². The lowest BCUT2D eigenvalue weighted by Gasteiger charge is -2.08. The third-order valence-corrected chi connectivity index (χ3v) is 1.99. The van der Waals surface area contributed by atoms with Crippen molar-refractivity contribution in [3.8, 4) is 5.75 Å². The summed E-state index contributed by atoms with van der Waals surface area (Å²) in [7, 11) is 1.63. The maximum atomic E-state index is 11.0. The van der Waals surface area contributed by atoms with Crippen molar-refractivity contribution in [2.45, 2.75) is 33.7 Å². The minimum absolute atomic E-state index is 0. The van der Waals surface area contributed by atoms with E-state index >= 15 is 0 Å². The Balaban J connectivity index is 0. The number of nitrogens with one attached hydrogen (secondary N) is 1. The normalized spacial score (nSPS) is 8.75. The highest BCUT2D eigenvalue weighted by Crippen LogP contribution is 2.16. The fraction of sp³-hybridized carbons (Fsp3) is 0.462. The van der Waals surface area contributed by atoms with Crippen LogP contribution in [0.1, 0.15) is 34.2 Å². The van der Waals surface area contributed by atoms with Crippen molar-refractivity contribution in [1.82, 2.24) is 5.32 Å². The lowest BCUT2D eigenvalue weighted by molar-refractivity contribution is -0.120. The van der Waals surface area contributed by atoms with Gasteiger partial charge in [-0.05, 0) is 6.07 Å². The molecule has 0 saturated heterocycles. The number of hydrogen-bond donors (Lipinski definition) is 1. The highest BCUT2D eigenvalue weighted by molar-refractivity contribution is 5.75. The molecule has 3 heteroatoms. The van der Waals surface area contributed by atoms with Crippen molar-refractivity contribution in [2.24, 2.45) is 0 Å². The van der Waals surface area contributed by atoms with Gasteiger partial charge in [-0.25, -0.2) is 0 Å². The number of amides is 1. The van der Waals surface area contributed by atoms with Crippen LogP contribution >= 0.6 is 0 Å². The Labute approximate surface area is 99.3 Å². The topological polar surface area (TPSA) is 38.3 Å². The van der Waals surface area contributed by atoms with Gasteiger partial charge in [0.1, 0.15) is 5.75 Å². The highest BCUT2D eigenvalue weighted by Gasteiger charge is 2.02. The summed E-state index contributed by atoms with van der Waals surface area (Å²) in [6.45, 7) is 6.36. The van der Waals surface area contributed by atoms with Gasteiger partial charge in [-0.3, -0.25) is 4.79 Å². The first kappa shape index (κ1) is 14.5. The summed E-state index contributed by atoms with van der Waals surface area (Å²) < 4.78 is 5.16. The van der Waals surface area contributed by atoms with Gasteiger partial charge < -0.3 is 10.1 Å². The first-order valence-electron chi connectivity index (χ1n) is 5.66. The van der Waals surface area contributed by atoms with Crippen molar-refractivity contribution >= 4 is 5.91 Å². The molecule has 0 atom stereocenters. The molecule has 0 aliphatic heterocycles. The average Bonchev–Trinajstić information content (AvgIpc) is 2.38. The maximum absolute atomic E-state index is 11.0. The minimum atomic E-state index is 0. The van der Waals surface area contributed by atoms with Crippen LogP contribution in [0.5, 0.6) is 5.75 Å². The van der Waals surface area contributed by atoms with E-state index in [0.29, 0.717) is 13.0 Å². The molecule has 0 radical (unpaired) electrons. The summed E-state index contributed by atoms with van der Waals surface area (Å²) in [6.07, 6.45) is 0.509. The number of methoxy groups -OCH3 is 1. The van der Waals surface area contributed by atoms with E-state index < -0.39 is 0 Å². The second-order valence-corrected chi connectivity index (χ2v) is 2.94. The molecule has 1 aromatic rings. The van der Waals surface area contributed by atoms with Gasteiger partial charge in [-0.15, -0.1) is 0 Å². The second-order valence-electron chi connectivity index (χ2n) is 2.94. The van der Waals surface area contributed by atoms with Crippen molar-refractivity contribution in [1.29, 1.82) is 0 Å². The molecule has 3 nitrogen and oxygen atoms in total. The van der Waals surface area contributed by atoms with Crippen molar-refractivity contribution in [3.05, 3.63) is 29.8 Å². The largest absolute Gasteiger partial charge is 0.496 e. The minimum Gasteiger partial charge on any atom is -0.496 e. The van der Waals surface area contributed by atoms with Crippen LogP contribution < -0.4 is 10.1 Å². The Morgan fingerprint density at radius 3 is 2.56 bits per heavy atom. The molecule has 1 N–H and O–H groups in total. The molecule has 0 aromatic heterocycles. The predicted octanol–water partition coefficient (Wildman–Crippen LogP) is 2.99. The summed E-state index contributed by atoms with van der Waals surface area (Å²) in [6, 6.07) is 7.65. The molecular formula is C13H23NO2. The van der Waals surface area contributed by atoms with Gasteiger partial charge in [0.05, 0.1) is 7.11 Å². The Morgan fingerprint density at radius 2 is 2.00 bits per heavy atom. The van der Waals surface area contributed by atoms with E-state index in [1.165, 1.54) is 0 Å². The summed E-state index contributed by atoms with van der Waals surface area (Å²) in [5.41, 5.74) is 0.997. The molecule has 1 rings (SSSR count). The third kappa shape index (κ3) is 4.82. The molecule has 92 valence electrons. The van der Waals surface area contributed by atoms with Gasteiger partial charge in [-0.2, -0.15) is 0 Å². The number of benzene rings is 1. The fourth-order valence-electron chi connectivity index (χ4n) is 1.17. The zero-order valence-corrected chi connectivity index (χ0v) is 10.5. The molecule has 0 aliphatic carbocycles. The first-order valence-corrected chi connectivity index (χ1v) is 5.66. The Morgan fingerprint density at radius 1 is 1.38 bits per heavy atom. The van der Waals surface area contributed by atoms with Gasteiger partial charge in [0.2, 0.25) is 5.91 Å². The molecule has 1 aromatic carbocycles. The molecule has 1 amide bonds. The van der Waals surface area contributed by atoms with E-state index in [4.69, 9.17) is 4.74 Å². The number of carbonyl (C=O) groups is 1. The zero-order valence-electron chi connectivity index (χ0n) is 10.5. The van der Waals surface area contributed by atoms with Crippen LogP contribution in [-0.2, 0) is 11.3 Å². The van der Waals surface area contributed by atoms with Crippen LogP contribution in [0.2, 0.25) is 0 Å². The lowest BCUT2D eigenvalue weighted by atomic mass is 10.2. The Bertz CT molecular complexity index is 316. The summed E-state index contributed by atoms with van der Waals surface area (Å²) in [4.78, 5) is 11.0. The monoisotopic (exact) mass is 225 g/mol.